The monoisotopic (exact) mass is 509 g/mol. The van der Waals surface area contributed by atoms with E-state index in [1.807, 2.05) is 91.9 Å². The zero-order chi connectivity index (χ0) is 26.3. The standard InChI is InChI=1S/C32H31NO5/c1-22-29(32(35)37-20-19-36-25-11-6-3-7-12-25)30(31-27(33-22)13-8-14-28(31)34)24-15-17-26(18-16-24)38-21-23-9-4-2-5-10-23/h2-7,9-12,15-18,30,33H,8,13-14,19-21H2,1H3. The van der Waals surface area contributed by atoms with Crippen molar-refractivity contribution in [2.45, 2.75) is 38.7 Å². The number of rotatable bonds is 9. The Hall–Kier alpha value is -4.32. The summed E-state index contributed by atoms with van der Waals surface area (Å²) in [7, 11) is 0. The van der Waals surface area contributed by atoms with Crippen LogP contribution in [0, 0.1) is 0 Å². The third-order valence-corrected chi connectivity index (χ3v) is 6.79. The van der Waals surface area contributed by atoms with Gasteiger partial charge in [-0.05, 0) is 55.2 Å². The van der Waals surface area contributed by atoms with Crippen molar-refractivity contribution in [3.63, 3.8) is 0 Å². The maximum atomic E-state index is 13.4. The summed E-state index contributed by atoms with van der Waals surface area (Å²) >= 11 is 0. The van der Waals surface area contributed by atoms with Gasteiger partial charge in [0.1, 0.15) is 31.3 Å². The van der Waals surface area contributed by atoms with Crippen LogP contribution in [0.4, 0.5) is 0 Å². The first-order chi connectivity index (χ1) is 18.6. The Balaban J connectivity index is 1.34. The SMILES string of the molecule is CC1=C(C(=O)OCCOc2ccccc2)C(c2ccc(OCc3ccccc3)cc2)C2=C(CCCC2=O)N1. The van der Waals surface area contributed by atoms with Gasteiger partial charge in [0.2, 0.25) is 0 Å². The summed E-state index contributed by atoms with van der Waals surface area (Å²) in [4.78, 5) is 26.5. The molecule has 1 atom stereocenters. The predicted octanol–water partition coefficient (Wildman–Crippen LogP) is 5.86. The lowest BCUT2D eigenvalue weighted by atomic mass is 9.75. The minimum Gasteiger partial charge on any atom is -0.490 e. The molecule has 0 radical (unpaired) electrons. The number of benzene rings is 3. The van der Waals surface area contributed by atoms with Crippen molar-refractivity contribution < 1.29 is 23.8 Å². The van der Waals surface area contributed by atoms with E-state index in [4.69, 9.17) is 14.2 Å². The highest BCUT2D eigenvalue weighted by Gasteiger charge is 2.39. The average Bonchev–Trinajstić information content (AvgIpc) is 2.95. The van der Waals surface area contributed by atoms with E-state index in [2.05, 4.69) is 5.32 Å². The molecular weight excluding hydrogens is 478 g/mol. The molecule has 38 heavy (non-hydrogen) atoms. The van der Waals surface area contributed by atoms with Crippen LogP contribution in [0.3, 0.4) is 0 Å². The molecule has 0 fully saturated rings. The number of ketones is 1. The van der Waals surface area contributed by atoms with E-state index in [-0.39, 0.29) is 19.0 Å². The van der Waals surface area contributed by atoms with Crippen LogP contribution in [-0.2, 0) is 20.9 Å². The maximum Gasteiger partial charge on any atom is 0.336 e. The van der Waals surface area contributed by atoms with Crippen LogP contribution >= 0.6 is 0 Å². The molecule has 0 bridgehead atoms. The smallest absolute Gasteiger partial charge is 0.336 e. The minimum absolute atomic E-state index is 0.0679. The highest BCUT2D eigenvalue weighted by molar-refractivity contribution is 6.03. The summed E-state index contributed by atoms with van der Waals surface area (Å²) < 4.78 is 17.2. The number of hydrogen-bond acceptors (Lipinski definition) is 6. The molecule has 0 spiro atoms. The van der Waals surface area contributed by atoms with E-state index in [1.165, 1.54) is 0 Å². The van der Waals surface area contributed by atoms with Gasteiger partial charge in [0, 0.05) is 29.3 Å². The fourth-order valence-corrected chi connectivity index (χ4v) is 4.97. The van der Waals surface area contributed by atoms with E-state index < -0.39 is 11.9 Å². The van der Waals surface area contributed by atoms with Gasteiger partial charge in [-0.25, -0.2) is 4.79 Å². The number of hydrogen-bond donors (Lipinski definition) is 1. The van der Waals surface area contributed by atoms with Gasteiger partial charge < -0.3 is 19.5 Å². The van der Waals surface area contributed by atoms with Gasteiger partial charge in [0.15, 0.2) is 5.78 Å². The van der Waals surface area contributed by atoms with Crippen molar-refractivity contribution in [3.8, 4) is 11.5 Å². The number of ether oxygens (including phenoxy) is 3. The molecule has 0 aromatic heterocycles. The topological polar surface area (TPSA) is 73.9 Å². The number of Topliss-reactive ketones (excluding diaryl/α,β-unsaturated/α-hetero) is 1. The highest BCUT2D eigenvalue weighted by Crippen LogP contribution is 2.42. The lowest BCUT2D eigenvalue weighted by Gasteiger charge is -2.34. The van der Waals surface area contributed by atoms with Gasteiger partial charge in [0.05, 0.1) is 5.57 Å². The summed E-state index contributed by atoms with van der Waals surface area (Å²) in [5.41, 5.74) is 4.66. The summed E-state index contributed by atoms with van der Waals surface area (Å²) in [5.74, 6) is 0.557. The maximum absolute atomic E-state index is 13.4. The number of dihydropyridines is 1. The molecule has 1 unspecified atom stereocenters. The van der Waals surface area contributed by atoms with Gasteiger partial charge in [-0.15, -0.1) is 0 Å². The Labute approximate surface area is 222 Å². The Morgan fingerprint density at radius 2 is 1.53 bits per heavy atom. The Morgan fingerprint density at radius 3 is 2.26 bits per heavy atom. The van der Waals surface area contributed by atoms with Gasteiger partial charge in [0.25, 0.3) is 0 Å². The van der Waals surface area contributed by atoms with Crippen molar-refractivity contribution in [1.29, 1.82) is 0 Å². The molecule has 1 N–H and O–H groups in total. The van der Waals surface area contributed by atoms with Crippen LogP contribution in [0.5, 0.6) is 11.5 Å². The molecule has 3 aromatic carbocycles. The van der Waals surface area contributed by atoms with Gasteiger partial charge in [-0.2, -0.15) is 0 Å². The van der Waals surface area contributed by atoms with Crippen LogP contribution in [0.1, 0.15) is 43.2 Å². The van der Waals surface area contributed by atoms with Gasteiger partial charge in [-0.3, -0.25) is 4.79 Å². The van der Waals surface area contributed by atoms with Crippen molar-refractivity contribution in [2.75, 3.05) is 13.2 Å². The van der Waals surface area contributed by atoms with Gasteiger partial charge in [-0.1, -0.05) is 60.7 Å². The molecule has 1 aliphatic heterocycles. The molecule has 1 aliphatic carbocycles. The van der Waals surface area contributed by atoms with E-state index in [0.29, 0.717) is 35.6 Å². The van der Waals surface area contributed by atoms with Crippen molar-refractivity contribution >= 4 is 11.8 Å². The number of carbonyl (C=O) groups is 2. The molecule has 0 amide bonds. The molecule has 1 heterocycles. The number of carbonyl (C=O) groups excluding carboxylic acids is 2. The minimum atomic E-state index is -0.496. The second-order valence-corrected chi connectivity index (χ2v) is 9.41. The Morgan fingerprint density at radius 1 is 0.842 bits per heavy atom. The number of esters is 1. The molecule has 6 heteroatoms. The van der Waals surface area contributed by atoms with Crippen LogP contribution in [0.25, 0.3) is 0 Å². The van der Waals surface area contributed by atoms with E-state index in [1.54, 1.807) is 0 Å². The first-order valence-corrected chi connectivity index (χ1v) is 13.0. The molecule has 5 rings (SSSR count). The molecular formula is C32H31NO5. The zero-order valence-electron chi connectivity index (χ0n) is 21.4. The quantitative estimate of drug-likeness (QED) is 0.288. The number of allylic oxidation sites excluding steroid dienone is 3. The second-order valence-electron chi connectivity index (χ2n) is 9.41. The lowest BCUT2D eigenvalue weighted by molar-refractivity contribution is -0.140. The summed E-state index contributed by atoms with van der Waals surface area (Å²) in [6, 6.07) is 27.0. The summed E-state index contributed by atoms with van der Waals surface area (Å²) in [5, 5.41) is 3.33. The van der Waals surface area contributed by atoms with Crippen molar-refractivity contribution in [2.24, 2.45) is 0 Å². The fourth-order valence-electron chi connectivity index (χ4n) is 4.97. The third kappa shape index (κ3) is 5.80. The largest absolute Gasteiger partial charge is 0.490 e. The Bertz CT molecular complexity index is 1340. The summed E-state index contributed by atoms with van der Waals surface area (Å²) in [6.07, 6.45) is 2.05. The molecule has 6 nitrogen and oxygen atoms in total. The number of nitrogens with one attached hydrogen (secondary N) is 1. The first-order valence-electron chi connectivity index (χ1n) is 13.0. The summed E-state index contributed by atoms with van der Waals surface area (Å²) in [6.45, 7) is 2.66. The number of para-hydroxylation sites is 1. The van der Waals surface area contributed by atoms with Crippen LogP contribution < -0.4 is 14.8 Å². The zero-order valence-corrected chi connectivity index (χ0v) is 21.4. The van der Waals surface area contributed by atoms with E-state index in [9.17, 15) is 9.59 Å². The molecule has 194 valence electrons. The normalized spacial score (nSPS) is 17.0. The highest BCUT2D eigenvalue weighted by atomic mass is 16.6. The van der Waals surface area contributed by atoms with Crippen LogP contribution in [-0.4, -0.2) is 25.0 Å². The van der Waals surface area contributed by atoms with Crippen LogP contribution in [0.2, 0.25) is 0 Å². The molecule has 0 saturated carbocycles. The van der Waals surface area contributed by atoms with Crippen molar-refractivity contribution in [3.05, 3.63) is 119 Å². The average molecular weight is 510 g/mol. The first kappa shape index (κ1) is 25.3. The molecule has 0 saturated heterocycles. The lowest BCUT2D eigenvalue weighted by Crippen LogP contribution is -2.34. The molecule has 2 aliphatic rings. The van der Waals surface area contributed by atoms with Crippen LogP contribution in [0.15, 0.2) is 107 Å². The predicted molar refractivity (Wildman–Crippen MR) is 145 cm³/mol. The van der Waals surface area contributed by atoms with Gasteiger partial charge >= 0.3 is 5.97 Å². The van der Waals surface area contributed by atoms with E-state index >= 15 is 0 Å². The molecule has 3 aromatic rings. The fraction of sp³-hybridized carbons (Fsp3) is 0.250. The third-order valence-electron chi connectivity index (χ3n) is 6.79. The van der Waals surface area contributed by atoms with E-state index in [0.717, 1.165) is 35.4 Å². The van der Waals surface area contributed by atoms with Crippen molar-refractivity contribution in [1.82, 2.24) is 5.32 Å². The second kappa shape index (κ2) is 11.8. The Kier molecular flexibility index (Phi) is 7.88.